The monoisotopic (exact) mass is 290 g/mol. The number of halogens is 1. The van der Waals surface area contributed by atoms with Crippen LogP contribution < -0.4 is 4.90 Å². The summed E-state index contributed by atoms with van der Waals surface area (Å²) in [4.78, 5) is 2.29. The highest BCUT2D eigenvalue weighted by Crippen LogP contribution is 2.32. The summed E-state index contributed by atoms with van der Waals surface area (Å²) in [5.74, 6) is 1.36. The van der Waals surface area contributed by atoms with E-state index in [4.69, 9.17) is 11.6 Å². The van der Waals surface area contributed by atoms with Gasteiger partial charge in [0.2, 0.25) is 0 Å². The lowest BCUT2D eigenvalue weighted by Gasteiger charge is -2.36. The molecule has 2 nitrogen and oxygen atoms in total. The maximum atomic E-state index is 9.35. The normalized spacial score (nSPS) is 22.3. The van der Waals surface area contributed by atoms with Gasteiger partial charge in [-0.3, -0.25) is 0 Å². The molecule has 2 rings (SSSR count). The molecular formula is C17H23ClN2. The first-order chi connectivity index (χ1) is 9.69. The summed E-state index contributed by atoms with van der Waals surface area (Å²) in [5.41, 5.74) is 2.79. The number of hydrogen-bond donors (Lipinski definition) is 0. The predicted molar refractivity (Wildman–Crippen MR) is 85.2 cm³/mol. The third-order valence-electron chi connectivity index (χ3n) is 4.66. The highest BCUT2D eigenvalue weighted by molar-refractivity contribution is 6.17. The zero-order chi connectivity index (χ0) is 14.5. The van der Waals surface area contributed by atoms with Gasteiger partial charge >= 0.3 is 0 Å². The van der Waals surface area contributed by atoms with Crippen LogP contribution in [0.5, 0.6) is 0 Å². The summed E-state index contributed by atoms with van der Waals surface area (Å²) in [6, 6.07) is 8.85. The zero-order valence-electron chi connectivity index (χ0n) is 12.4. The van der Waals surface area contributed by atoms with Crippen molar-refractivity contribution < 1.29 is 0 Å². The van der Waals surface area contributed by atoms with E-state index in [1.54, 1.807) is 0 Å². The third-order valence-corrected chi connectivity index (χ3v) is 4.97. The molecule has 0 unspecified atom stereocenters. The molecule has 1 saturated carbocycles. The van der Waals surface area contributed by atoms with E-state index in [9.17, 15) is 5.26 Å². The molecule has 3 heteroatoms. The number of nitriles is 1. The van der Waals surface area contributed by atoms with E-state index in [0.717, 1.165) is 22.7 Å². The fourth-order valence-corrected chi connectivity index (χ4v) is 3.37. The highest BCUT2D eigenvalue weighted by atomic mass is 35.5. The van der Waals surface area contributed by atoms with Crippen LogP contribution in [0.3, 0.4) is 0 Å². The Labute approximate surface area is 127 Å². The third kappa shape index (κ3) is 3.27. The Balaban J connectivity index is 2.13. The number of anilines is 1. The lowest BCUT2D eigenvalue weighted by molar-refractivity contribution is 0.313. The minimum atomic E-state index is 0.459. The summed E-state index contributed by atoms with van der Waals surface area (Å²) in [7, 11) is 2.12. The highest BCUT2D eigenvalue weighted by Gasteiger charge is 2.24. The first-order valence-electron chi connectivity index (χ1n) is 7.51. The molecular weight excluding hydrogens is 268 g/mol. The first kappa shape index (κ1) is 15.2. The van der Waals surface area contributed by atoms with Crippen LogP contribution in [0.1, 0.15) is 50.2 Å². The molecule has 108 valence electrons. The van der Waals surface area contributed by atoms with Gasteiger partial charge in [0.15, 0.2) is 0 Å². The largest absolute Gasteiger partial charge is 0.371 e. The van der Waals surface area contributed by atoms with Crippen molar-refractivity contribution in [3.63, 3.8) is 0 Å². The average molecular weight is 291 g/mol. The van der Waals surface area contributed by atoms with Crippen LogP contribution in [0.4, 0.5) is 5.69 Å². The number of benzene rings is 1. The Bertz CT molecular complexity index is 484. The lowest BCUT2D eigenvalue weighted by Crippen LogP contribution is -2.35. The Morgan fingerprint density at radius 1 is 1.30 bits per heavy atom. The lowest BCUT2D eigenvalue weighted by atomic mass is 9.84. The predicted octanol–water partition coefficient (Wildman–Crippen LogP) is 4.70. The topological polar surface area (TPSA) is 27.0 Å². The molecule has 1 aromatic carbocycles. The molecule has 0 spiro atoms. The molecule has 1 fully saturated rings. The molecule has 0 aromatic heterocycles. The van der Waals surface area contributed by atoms with Crippen molar-refractivity contribution in [1.29, 1.82) is 5.26 Å². The van der Waals surface area contributed by atoms with Crippen LogP contribution in [0.15, 0.2) is 18.2 Å². The van der Waals surface area contributed by atoms with Gasteiger partial charge in [0.05, 0.1) is 11.3 Å². The van der Waals surface area contributed by atoms with Crippen LogP contribution >= 0.6 is 11.6 Å². The number of hydrogen-bond acceptors (Lipinski definition) is 2. The molecule has 1 aromatic rings. The van der Waals surface area contributed by atoms with Crippen molar-refractivity contribution in [3.05, 3.63) is 29.3 Å². The van der Waals surface area contributed by atoms with Gasteiger partial charge in [-0.2, -0.15) is 5.26 Å². The summed E-state index contributed by atoms with van der Waals surface area (Å²) < 4.78 is 0. The van der Waals surface area contributed by atoms with Crippen molar-refractivity contribution in [2.75, 3.05) is 11.9 Å². The Kier molecular flexibility index (Phi) is 5.31. The second kappa shape index (κ2) is 6.99. The fraction of sp³-hybridized carbons (Fsp3) is 0.588. The summed E-state index contributed by atoms with van der Waals surface area (Å²) in [6.07, 6.45) is 6.39. The van der Waals surface area contributed by atoms with Crippen molar-refractivity contribution in [1.82, 2.24) is 0 Å². The van der Waals surface area contributed by atoms with Crippen molar-refractivity contribution >= 4 is 17.3 Å². The molecule has 0 radical (unpaired) electrons. The van der Waals surface area contributed by atoms with Gasteiger partial charge in [0.25, 0.3) is 0 Å². The molecule has 20 heavy (non-hydrogen) atoms. The summed E-state index contributed by atoms with van der Waals surface area (Å²) in [6.45, 7) is 2.29. The molecule has 0 N–H and O–H groups in total. The Morgan fingerprint density at radius 2 is 2.00 bits per heavy atom. The molecule has 1 aliphatic rings. The SMILES string of the molecule is CCC1CCC(N(C)c2ccc(CCl)cc2C#N)CC1. The molecule has 0 aliphatic heterocycles. The number of nitrogens with zero attached hydrogens (tertiary/aromatic N) is 2. The maximum Gasteiger partial charge on any atom is 0.101 e. The molecule has 0 saturated heterocycles. The standard InChI is InChI=1S/C17H23ClN2/c1-3-13-4-7-16(8-5-13)20(2)17-9-6-14(11-18)10-15(17)12-19/h6,9-10,13,16H,3-5,7-8,11H2,1-2H3. The number of rotatable bonds is 4. The summed E-state index contributed by atoms with van der Waals surface area (Å²) >= 11 is 5.85. The van der Waals surface area contributed by atoms with Gasteiger partial charge in [0.1, 0.15) is 6.07 Å². The van der Waals surface area contributed by atoms with E-state index in [1.807, 2.05) is 18.2 Å². The van der Waals surface area contributed by atoms with E-state index < -0.39 is 0 Å². The van der Waals surface area contributed by atoms with Gasteiger partial charge in [-0.05, 0) is 49.3 Å². The Morgan fingerprint density at radius 3 is 2.55 bits per heavy atom. The molecule has 0 atom stereocenters. The minimum absolute atomic E-state index is 0.459. The number of alkyl halides is 1. The first-order valence-corrected chi connectivity index (χ1v) is 8.04. The smallest absolute Gasteiger partial charge is 0.101 e. The van der Waals surface area contributed by atoms with Crippen LogP contribution in [-0.4, -0.2) is 13.1 Å². The second-order valence-electron chi connectivity index (χ2n) is 5.79. The zero-order valence-corrected chi connectivity index (χ0v) is 13.2. The van der Waals surface area contributed by atoms with E-state index in [2.05, 4.69) is 24.9 Å². The van der Waals surface area contributed by atoms with Crippen LogP contribution in [-0.2, 0) is 5.88 Å². The average Bonchev–Trinajstić information content (AvgIpc) is 2.53. The van der Waals surface area contributed by atoms with Gasteiger partial charge in [0, 0.05) is 19.0 Å². The molecule has 0 heterocycles. The summed E-state index contributed by atoms with van der Waals surface area (Å²) in [5, 5.41) is 9.35. The van der Waals surface area contributed by atoms with E-state index in [-0.39, 0.29) is 0 Å². The van der Waals surface area contributed by atoms with Crippen LogP contribution in [0.2, 0.25) is 0 Å². The minimum Gasteiger partial charge on any atom is -0.371 e. The second-order valence-corrected chi connectivity index (χ2v) is 6.06. The van der Waals surface area contributed by atoms with E-state index in [1.165, 1.54) is 32.1 Å². The quantitative estimate of drug-likeness (QED) is 0.751. The maximum absolute atomic E-state index is 9.35. The van der Waals surface area contributed by atoms with Crippen molar-refractivity contribution in [2.24, 2.45) is 5.92 Å². The van der Waals surface area contributed by atoms with Crippen molar-refractivity contribution in [3.8, 4) is 6.07 Å². The van der Waals surface area contributed by atoms with Crippen molar-refractivity contribution in [2.45, 2.75) is 50.9 Å². The van der Waals surface area contributed by atoms with Gasteiger partial charge in [-0.25, -0.2) is 0 Å². The van der Waals surface area contributed by atoms with Gasteiger partial charge < -0.3 is 4.90 Å². The van der Waals surface area contributed by atoms with E-state index in [0.29, 0.717) is 11.9 Å². The van der Waals surface area contributed by atoms with Gasteiger partial charge in [-0.1, -0.05) is 19.4 Å². The fourth-order valence-electron chi connectivity index (χ4n) is 3.20. The molecule has 0 amide bonds. The van der Waals surface area contributed by atoms with Crippen LogP contribution in [0.25, 0.3) is 0 Å². The molecule has 1 aliphatic carbocycles. The Hall–Kier alpha value is -1.20. The molecule has 0 bridgehead atoms. The van der Waals surface area contributed by atoms with Crippen LogP contribution in [0, 0.1) is 17.2 Å². The van der Waals surface area contributed by atoms with E-state index >= 15 is 0 Å². The van der Waals surface area contributed by atoms with Gasteiger partial charge in [-0.15, -0.1) is 11.6 Å².